The van der Waals surface area contributed by atoms with E-state index >= 15 is 0 Å². The Morgan fingerprint density at radius 2 is 1.74 bits per heavy atom. The minimum absolute atomic E-state index is 0.210. The molecule has 2 aromatic rings. The van der Waals surface area contributed by atoms with Gasteiger partial charge in [0, 0.05) is 37.5 Å². The Labute approximate surface area is 250 Å². The number of fused-ring (bicyclic) bond motifs is 1. The third-order valence-electron chi connectivity index (χ3n) is 6.27. The van der Waals surface area contributed by atoms with Crippen LogP contribution in [0.3, 0.4) is 0 Å². The number of rotatable bonds is 19. The number of hydroxylamine groups is 1. The monoisotopic (exact) mass is 609 g/mol. The van der Waals surface area contributed by atoms with Gasteiger partial charge in [-0.15, -0.1) is 11.3 Å². The van der Waals surface area contributed by atoms with Gasteiger partial charge < -0.3 is 35.4 Å². The fourth-order valence-corrected chi connectivity index (χ4v) is 5.24. The van der Waals surface area contributed by atoms with Crippen molar-refractivity contribution in [1.29, 1.82) is 0 Å². The molecule has 0 fully saturated rings. The zero-order valence-electron chi connectivity index (χ0n) is 24.6. The van der Waals surface area contributed by atoms with Crippen LogP contribution in [0, 0.1) is 0 Å². The summed E-state index contributed by atoms with van der Waals surface area (Å²) in [5.74, 6) is -0.952. The minimum Gasteiger partial charge on any atom is -0.465 e. The smallest absolute Gasteiger partial charge is 0.404 e. The fourth-order valence-electron chi connectivity index (χ4n) is 4.29. The molecule has 2 atom stereocenters. The molecule has 234 valence electrons. The first-order chi connectivity index (χ1) is 20.2. The van der Waals surface area contributed by atoms with Crippen LogP contribution in [-0.2, 0) is 30.4 Å². The topological polar surface area (TPSA) is 168 Å². The van der Waals surface area contributed by atoms with E-state index in [0.717, 1.165) is 15.6 Å². The predicted octanol–water partition coefficient (Wildman–Crippen LogP) is 3.19. The molecule has 0 aliphatic carbocycles. The molecule has 1 heterocycles. The lowest BCUT2D eigenvalue weighted by Gasteiger charge is -2.36. The Morgan fingerprint density at radius 3 is 2.40 bits per heavy atom. The van der Waals surface area contributed by atoms with Crippen molar-refractivity contribution in [2.24, 2.45) is 0 Å². The normalized spacial score (nSPS) is 12.5. The van der Waals surface area contributed by atoms with Crippen LogP contribution in [0.15, 0.2) is 29.6 Å². The summed E-state index contributed by atoms with van der Waals surface area (Å²) in [4.78, 5) is 56.0. The average molecular weight is 610 g/mol. The van der Waals surface area contributed by atoms with E-state index in [1.807, 2.05) is 50.4 Å². The fraction of sp³-hybridized carbons (Fsp3) is 0.571. The molecule has 1 aromatic carbocycles. The van der Waals surface area contributed by atoms with Crippen molar-refractivity contribution < 1.29 is 38.6 Å². The summed E-state index contributed by atoms with van der Waals surface area (Å²) >= 11 is 1.58. The summed E-state index contributed by atoms with van der Waals surface area (Å²) in [5, 5.41) is 19.4. The van der Waals surface area contributed by atoms with Crippen molar-refractivity contribution in [3.63, 3.8) is 0 Å². The van der Waals surface area contributed by atoms with Crippen LogP contribution in [0.25, 0.3) is 10.1 Å². The van der Waals surface area contributed by atoms with Crippen LogP contribution in [0.5, 0.6) is 0 Å². The number of carbonyl (C=O) groups excluding carboxylic acids is 3. The molecule has 0 aliphatic heterocycles. The molecular weight excluding hydrogens is 566 g/mol. The molecule has 2 rings (SSSR count). The number of nitrogens with one attached hydrogen (secondary N) is 4. The molecule has 0 saturated carbocycles. The number of thiophene rings is 1. The van der Waals surface area contributed by atoms with Gasteiger partial charge in [-0.1, -0.05) is 18.2 Å². The molecule has 5 amide bonds. The van der Waals surface area contributed by atoms with Gasteiger partial charge in [0.25, 0.3) is 0 Å². The Balaban J connectivity index is 2.30. The third kappa shape index (κ3) is 11.4. The number of unbranched alkanes of at least 4 members (excludes halogenated alkanes) is 1. The number of carbonyl (C=O) groups is 4. The predicted molar refractivity (Wildman–Crippen MR) is 159 cm³/mol. The van der Waals surface area contributed by atoms with Crippen LogP contribution < -0.4 is 21.4 Å². The highest BCUT2D eigenvalue weighted by atomic mass is 32.1. The number of ether oxygens (including phenoxy) is 2. The molecule has 0 bridgehead atoms. The van der Waals surface area contributed by atoms with Crippen molar-refractivity contribution >= 4 is 45.4 Å². The van der Waals surface area contributed by atoms with Crippen molar-refractivity contribution in [3.8, 4) is 0 Å². The summed E-state index contributed by atoms with van der Waals surface area (Å²) in [5.41, 5.74) is 3.07. The number of benzene rings is 1. The maximum Gasteiger partial charge on any atom is 0.404 e. The van der Waals surface area contributed by atoms with Crippen molar-refractivity contribution in [2.75, 3.05) is 32.9 Å². The number of amides is 5. The molecular formula is C28H43N5O8S. The van der Waals surface area contributed by atoms with Gasteiger partial charge in [0.1, 0.15) is 6.04 Å². The van der Waals surface area contributed by atoms with E-state index in [-0.39, 0.29) is 25.4 Å². The van der Waals surface area contributed by atoms with Gasteiger partial charge in [-0.05, 0) is 69.4 Å². The molecule has 5 N–H and O–H groups in total. The standard InChI is InChI=1S/C28H43N5O8S/c1-5-29-27(36)32-41-17-24(34)31-22(13-10-11-15-30-28(37)38)25(35)33(19(4)26(39-6-2)40-7-3)16-20-18-42-23-14-9-8-12-21(20)23/h8-9,12,14,18-19,22,26,30H,5-7,10-11,13,15-17H2,1-4H3,(H,31,34)(H,37,38)(H2,29,32,36)/t19-,22-/m0/s1. The lowest BCUT2D eigenvalue weighted by molar-refractivity contribution is -0.180. The van der Waals surface area contributed by atoms with Gasteiger partial charge in [0.15, 0.2) is 12.9 Å². The number of carboxylic acid groups (broad SMARTS) is 1. The summed E-state index contributed by atoms with van der Waals surface area (Å²) in [6.45, 7) is 8.37. The maximum absolute atomic E-state index is 14.2. The first-order valence-corrected chi connectivity index (χ1v) is 15.0. The molecule has 42 heavy (non-hydrogen) atoms. The molecule has 13 nitrogen and oxygen atoms in total. The van der Waals surface area contributed by atoms with E-state index in [0.29, 0.717) is 32.6 Å². The van der Waals surface area contributed by atoms with Gasteiger partial charge in [-0.3, -0.25) is 14.4 Å². The van der Waals surface area contributed by atoms with E-state index in [1.165, 1.54) is 0 Å². The molecule has 1 aromatic heterocycles. The van der Waals surface area contributed by atoms with Crippen LogP contribution in [0.4, 0.5) is 9.59 Å². The molecule has 14 heteroatoms. The van der Waals surface area contributed by atoms with E-state index < -0.39 is 43.0 Å². The Bertz CT molecular complexity index is 1140. The van der Waals surface area contributed by atoms with Gasteiger partial charge in [0.05, 0.1) is 6.04 Å². The average Bonchev–Trinajstić information content (AvgIpc) is 3.37. The van der Waals surface area contributed by atoms with Crippen molar-refractivity contribution in [1.82, 2.24) is 26.3 Å². The van der Waals surface area contributed by atoms with Crippen LogP contribution in [0.2, 0.25) is 0 Å². The summed E-state index contributed by atoms with van der Waals surface area (Å²) in [6.07, 6.45) is -0.661. The number of hydrogen-bond donors (Lipinski definition) is 5. The SMILES string of the molecule is CCNC(=O)NOCC(=O)N[C@@H](CCCCNC(=O)O)C(=O)N(Cc1csc2ccccc12)[C@@H](C)C(OCC)OCC. The zero-order chi connectivity index (χ0) is 30.9. The van der Waals surface area contributed by atoms with E-state index in [4.69, 9.17) is 19.4 Å². The molecule has 0 spiro atoms. The highest BCUT2D eigenvalue weighted by molar-refractivity contribution is 7.17. The first kappa shape index (κ1) is 34.7. The third-order valence-corrected chi connectivity index (χ3v) is 7.28. The second kappa shape index (κ2) is 18.9. The Kier molecular flexibility index (Phi) is 15.6. The molecule has 0 unspecified atom stereocenters. The summed E-state index contributed by atoms with van der Waals surface area (Å²) in [7, 11) is 0. The van der Waals surface area contributed by atoms with E-state index in [9.17, 15) is 19.2 Å². The quantitative estimate of drug-likeness (QED) is 0.0920. The van der Waals surface area contributed by atoms with Gasteiger partial charge in [-0.2, -0.15) is 0 Å². The van der Waals surface area contributed by atoms with E-state index in [2.05, 4.69) is 21.4 Å². The lowest BCUT2D eigenvalue weighted by atomic mass is 10.0. The van der Waals surface area contributed by atoms with Crippen LogP contribution >= 0.6 is 11.3 Å². The lowest BCUT2D eigenvalue weighted by Crippen LogP contribution is -2.55. The van der Waals surface area contributed by atoms with Crippen molar-refractivity contribution in [2.45, 2.75) is 71.9 Å². The van der Waals surface area contributed by atoms with Crippen molar-refractivity contribution in [3.05, 3.63) is 35.2 Å². The highest BCUT2D eigenvalue weighted by Crippen LogP contribution is 2.28. The van der Waals surface area contributed by atoms with Crippen LogP contribution in [0.1, 0.15) is 52.5 Å². The Hall–Kier alpha value is -3.46. The number of hydrogen-bond acceptors (Lipinski definition) is 8. The molecule has 0 radical (unpaired) electrons. The van der Waals surface area contributed by atoms with Gasteiger partial charge >= 0.3 is 12.1 Å². The summed E-state index contributed by atoms with van der Waals surface area (Å²) < 4.78 is 12.8. The van der Waals surface area contributed by atoms with Crippen LogP contribution in [-0.4, -0.2) is 85.2 Å². The number of nitrogens with zero attached hydrogens (tertiary/aromatic N) is 1. The van der Waals surface area contributed by atoms with Gasteiger partial charge in [0.2, 0.25) is 11.8 Å². The molecule has 0 aliphatic rings. The second-order valence-corrected chi connectivity index (χ2v) is 10.3. The first-order valence-electron chi connectivity index (χ1n) is 14.1. The second-order valence-electron chi connectivity index (χ2n) is 9.34. The molecule has 0 saturated heterocycles. The largest absolute Gasteiger partial charge is 0.465 e. The highest BCUT2D eigenvalue weighted by Gasteiger charge is 2.34. The maximum atomic E-state index is 14.2. The Morgan fingerprint density at radius 1 is 1.02 bits per heavy atom. The van der Waals surface area contributed by atoms with E-state index in [1.54, 1.807) is 23.2 Å². The zero-order valence-corrected chi connectivity index (χ0v) is 25.5. The minimum atomic E-state index is -1.13. The summed E-state index contributed by atoms with van der Waals surface area (Å²) in [6, 6.07) is 5.87. The van der Waals surface area contributed by atoms with Gasteiger partial charge in [-0.25, -0.2) is 15.1 Å². The number of urea groups is 1.